The molecule has 128 valence electrons. The van der Waals surface area contributed by atoms with E-state index < -0.39 is 34.0 Å². The largest absolute Gasteiger partial charge is 0.610 e. The highest BCUT2D eigenvalue weighted by Crippen LogP contribution is 2.18. The topological polar surface area (TPSA) is 119 Å². The summed E-state index contributed by atoms with van der Waals surface area (Å²) in [6, 6.07) is 5.85. The van der Waals surface area contributed by atoms with E-state index in [9.17, 15) is 18.5 Å². The van der Waals surface area contributed by atoms with Crippen LogP contribution in [0.2, 0.25) is 0 Å². The smallest absolute Gasteiger partial charge is 0.341 e. The van der Waals surface area contributed by atoms with Crippen LogP contribution >= 0.6 is 0 Å². The number of H-pyrrole nitrogens is 1. The number of halogens is 1. The number of nitrogens with one attached hydrogen (secondary N) is 1. The summed E-state index contributed by atoms with van der Waals surface area (Å²) in [4.78, 5) is 25.8. The van der Waals surface area contributed by atoms with E-state index in [2.05, 4.69) is 15.2 Å². The van der Waals surface area contributed by atoms with Gasteiger partial charge in [-0.1, -0.05) is 5.10 Å². The first-order chi connectivity index (χ1) is 11.9. The van der Waals surface area contributed by atoms with Gasteiger partial charge in [0, 0.05) is 35.2 Å². The van der Waals surface area contributed by atoms with Gasteiger partial charge in [-0.15, -0.1) is 0 Å². The Balaban J connectivity index is 2.03. The molecule has 0 fully saturated rings. The number of hydrogen-bond donors (Lipinski definition) is 2. The van der Waals surface area contributed by atoms with E-state index in [1.54, 1.807) is 12.1 Å². The molecule has 0 spiro atoms. The molecule has 7 nitrogen and oxygen atoms in total. The number of carbonyl (C=O) groups is 1. The van der Waals surface area contributed by atoms with Crippen LogP contribution in [0.25, 0.3) is 10.9 Å². The molecular formula is C16H12FN3O4S. The van der Waals surface area contributed by atoms with Crippen molar-refractivity contribution in [1.29, 1.82) is 0 Å². The first-order valence-corrected chi connectivity index (χ1v) is 8.66. The third-order valence-corrected chi connectivity index (χ3v) is 4.41. The van der Waals surface area contributed by atoms with Crippen LogP contribution in [0, 0.1) is 5.82 Å². The summed E-state index contributed by atoms with van der Waals surface area (Å²) in [6.45, 7) is 0. The number of aromatic amines is 1. The predicted octanol–water partition coefficient (Wildman–Crippen LogP) is 1.48. The van der Waals surface area contributed by atoms with Crippen molar-refractivity contribution in [2.24, 2.45) is 0 Å². The van der Waals surface area contributed by atoms with Gasteiger partial charge in [0.25, 0.3) is 5.03 Å². The van der Waals surface area contributed by atoms with Crippen LogP contribution in [0.15, 0.2) is 40.3 Å². The Labute approximate surface area is 143 Å². The summed E-state index contributed by atoms with van der Waals surface area (Å²) in [7, 11) is 0. The lowest BCUT2D eigenvalue weighted by molar-refractivity contribution is 0.0695. The molecule has 1 atom stereocenters. The molecule has 1 unspecified atom stereocenters. The molecular weight excluding hydrogens is 349 g/mol. The molecule has 0 bridgehead atoms. The molecule has 0 aliphatic heterocycles. The number of pyridine rings is 1. The van der Waals surface area contributed by atoms with Crippen molar-refractivity contribution >= 4 is 28.0 Å². The van der Waals surface area contributed by atoms with Gasteiger partial charge in [0.15, 0.2) is 0 Å². The predicted molar refractivity (Wildman–Crippen MR) is 88.7 cm³/mol. The molecule has 2 N–H and O–H groups in total. The normalized spacial score (nSPS) is 12.3. The van der Waals surface area contributed by atoms with Crippen LogP contribution in [0.5, 0.6) is 0 Å². The highest BCUT2D eigenvalue weighted by molar-refractivity contribution is 7.90. The van der Waals surface area contributed by atoms with E-state index in [-0.39, 0.29) is 17.3 Å². The fourth-order valence-electron chi connectivity index (χ4n) is 2.41. The van der Waals surface area contributed by atoms with Crippen molar-refractivity contribution in [2.75, 3.05) is 6.26 Å². The van der Waals surface area contributed by atoms with E-state index in [1.165, 1.54) is 18.4 Å². The molecule has 2 aromatic heterocycles. The Morgan fingerprint density at radius 1 is 1.36 bits per heavy atom. The van der Waals surface area contributed by atoms with E-state index >= 15 is 0 Å². The SMILES string of the molecule is C[S+]([O-])c1ccc(Cc2cc(F)c3[nH]cc(C(=O)O)c(=O)c3c2)nn1. The Hall–Kier alpha value is -2.78. The van der Waals surface area contributed by atoms with Gasteiger partial charge in [0.2, 0.25) is 5.43 Å². The first-order valence-electron chi connectivity index (χ1n) is 7.10. The summed E-state index contributed by atoms with van der Waals surface area (Å²) >= 11 is -1.25. The number of nitrogens with zero attached hydrogens (tertiary/aromatic N) is 2. The Morgan fingerprint density at radius 2 is 2.12 bits per heavy atom. The second kappa shape index (κ2) is 6.61. The molecule has 1 aromatic carbocycles. The minimum absolute atomic E-state index is 0.0471. The summed E-state index contributed by atoms with van der Waals surface area (Å²) in [5.41, 5.74) is -0.332. The lowest BCUT2D eigenvalue weighted by Gasteiger charge is -2.06. The maximum Gasteiger partial charge on any atom is 0.341 e. The Bertz CT molecular complexity index is 1020. The second-order valence-electron chi connectivity index (χ2n) is 5.33. The molecule has 0 saturated heterocycles. The van der Waals surface area contributed by atoms with E-state index in [1.807, 2.05) is 0 Å². The lowest BCUT2D eigenvalue weighted by Crippen LogP contribution is -2.16. The number of aromatic nitrogens is 3. The third kappa shape index (κ3) is 3.37. The highest BCUT2D eigenvalue weighted by atomic mass is 32.2. The number of carboxylic acid groups (broad SMARTS) is 1. The van der Waals surface area contributed by atoms with Crippen molar-refractivity contribution in [3.63, 3.8) is 0 Å². The number of rotatable bonds is 4. The molecule has 0 amide bonds. The molecule has 9 heteroatoms. The van der Waals surface area contributed by atoms with Gasteiger partial charge in [-0.3, -0.25) is 4.79 Å². The maximum absolute atomic E-state index is 14.2. The summed E-state index contributed by atoms with van der Waals surface area (Å²) in [5, 5.41) is 17.0. The Kier molecular flexibility index (Phi) is 4.51. The molecule has 0 radical (unpaired) electrons. The monoisotopic (exact) mass is 361 g/mol. The van der Waals surface area contributed by atoms with Crippen molar-refractivity contribution in [3.8, 4) is 0 Å². The van der Waals surface area contributed by atoms with Crippen LogP contribution in [0.4, 0.5) is 4.39 Å². The van der Waals surface area contributed by atoms with Crippen molar-refractivity contribution in [1.82, 2.24) is 15.2 Å². The van der Waals surface area contributed by atoms with Crippen molar-refractivity contribution in [3.05, 3.63) is 63.3 Å². The van der Waals surface area contributed by atoms with Crippen molar-refractivity contribution < 1.29 is 18.8 Å². The Morgan fingerprint density at radius 3 is 2.72 bits per heavy atom. The number of carboxylic acids is 1. The number of aromatic carboxylic acids is 1. The first kappa shape index (κ1) is 17.1. The summed E-state index contributed by atoms with van der Waals surface area (Å²) < 4.78 is 25.5. The quantitative estimate of drug-likeness (QED) is 0.680. The zero-order valence-electron chi connectivity index (χ0n) is 12.9. The fourth-order valence-corrected chi connectivity index (χ4v) is 2.82. The molecule has 0 aliphatic carbocycles. The van der Waals surface area contributed by atoms with E-state index in [4.69, 9.17) is 5.11 Å². The van der Waals surface area contributed by atoms with Gasteiger partial charge in [-0.05, 0) is 23.8 Å². The van der Waals surface area contributed by atoms with Gasteiger partial charge >= 0.3 is 5.97 Å². The third-order valence-electron chi connectivity index (χ3n) is 3.61. The van der Waals surface area contributed by atoms with E-state index in [0.717, 1.165) is 6.20 Å². The highest BCUT2D eigenvalue weighted by Gasteiger charge is 2.15. The van der Waals surface area contributed by atoms with Crippen LogP contribution in [0.1, 0.15) is 21.6 Å². The molecule has 25 heavy (non-hydrogen) atoms. The van der Waals surface area contributed by atoms with Gasteiger partial charge in [0.05, 0.1) is 11.2 Å². The minimum Gasteiger partial charge on any atom is -0.610 e. The molecule has 0 aliphatic rings. The molecule has 0 saturated carbocycles. The molecule has 2 heterocycles. The fraction of sp³-hybridized carbons (Fsp3) is 0.125. The van der Waals surface area contributed by atoms with Gasteiger partial charge in [0.1, 0.15) is 17.6 Å². The lowest BCUT2D eigenvalue weighted by atomic mass is 10.0. The maximum atomic E-state index is 14.2. The standard InChI is InChI=1S/C16H12FN3O4S/c1-25(24)13-3-2-9(19-20-13)4-8-5-10-14(12(17)6-8)18-7-11(15(10)21)16(22)23/h2-3,5-7H,4H2,1H3,(H,18,21)(H,22,23). The molecule has 3 aromatic rings. The number of fused-ring (bicyclic) bond motifs is 1. The zero-order valence-corrected chi connectivity index (χ0v) is 13.8. The summed E-state index contributed by atoms with van der Waals surface area (Å²) in [5.74, 6) is -2.05. The van der Waals surface area contributed by atoms with E-state index in [0.29, 0.717) is 16.3 Å². The van der Waals surface area contributed by atoms with Gasteiger partial charge < -0.3 is 14.6 Å². The van der Waals surface area contributed by atoms with Crippen molar-refractivity contribution in [2.45, 2.75) is 11.4 Å². The van der Waals surface area contributed by atoms with Crippen LogP contribution in [-0.2, 0) is 17.6 Å². The number of hydrogen-bond acceptors (Lipinski definition) is 5. The van der Waals surface area contributed by atoms with Crippen LogP contribution in [-0.4, -0.2) is 37.1 Å². The van der Waals surface area contributed by atoms with Gasteiger partial charge in [-0.25, -0.2) is 9.18 Å². The summed E-state index contributed by atoms with van der Waals surface area (Å²) in [6.07, 6.45) is 2.65. The van der Waals surface area contributed by atoms with Crippen LogP contribution < -0.4 is 5.43 Å². The molecule has 3 rings (SSSR count). The average Bonchev–Trinajstić information content (AvgIpc) is 2.56. The minimum atomic E-state index is -1.39. The zero-order chi connectivity index (χ0) is 18.1. The van der Waals surface area contributed by atoms with Crippen LogP contribution in [0.3, 0.4) is 0 Å². The number of benzene rings is 1. The van der Waals surface area contributed by atoms with Gasteiger partial charge in [-0.2, -0.15) is 5.10 Å². The average molecular weight is 361 g/mol. The second-order valence-corrected chi connectivity index (χ2v) is 6.66.